The fourth-order valence-electron chi connectivity index (χ4n) is 4.48. The van der Waals surface area contributed by atoms with Crippen molar-refractivity contribution in [2.24, 2.45) is 4.99 Å². The topological polar surface area (TPSA) is 74.5 Å². The van der Waals surface area contributed by atoms with Crippen LogP contribution in [0.5, 0.6) is 0 Å². The van der Waals surface area contributed by atoms with Gasteiger partial charge in [-0.15, -0.1) is 0 Å². The van der Waals surface area contributed by atoms with Crippen LogP contribution in [0.3, 0.4) is 0 Å². The van der Waals surface area contributed by atoms with E-state index in [9.17, 15) is 4.79 Å². The monoisotopic (exact) mass is 422 g/mol. The Morgan fingerprint density at radius 2 is 1.94 bits per heavy atom. The summed E-state index contributed by atoms with van der Waals surface area (Å²) in [5, 5.41) is 11.5. The third-order valence-electron chi connectivity index (χ3n) is 6.36. The van der Waals surface area contributed by atoms with Gasteiger partial charge in [-0.1, -0.05) is 37.1 Å². The Morgan fingerprint density at radius 3 is 2.71 bits per heavy atom. The average Bonchev–Trinajstić information content (AvgIpc) is 3.47. The summed E-state index contributed by atoms with van der Waals surface area (Å²) in [6.45, 7) is 0.715. The van der Waals surface area contributed by atoms with Crippen molar-refractivity contribution in [3.8, 4) is 0 Å². The molecule has 2 aliphatic rings. The Balaban J connectivity index is 1.41. The molecule has 2 N–H and O–H groups in total. The van der Waals surface area contributed by atoms with Gasteiger partial charge in [-0.05, 0) is 49.3 Å². The molecule has 0 bridgehead atoms. The lowest BCUT2D eigenvalue weighted by Crippen LogP contribution is -2.48. The Kier molecular flexibility index (Phi) is 6.89. The molecular weight excluding hydrogens is 388 g/mol. The van der Waals surface area contributed by atoms with Crippen LogP contribution in [0.25, 0.3) is 0 Å². The van der Waals surface area contributed by atoms with Crippen molar-refractivity contribution < 1.29 is 4.79 Å². The molecule has 31 heavy (non-hydrogen) atoms. The lowest BCUT2D eigenvalue weighted by Gasteiger charge is -2.27. The Morgan fingerprint density at radius 1 is 1.16 bits per heavy atom. The summed E-state index contributed by atoms with van der Waals surface area (Å²) >= 11 is 0. The van der Waals surface area contributed by atoms with Crippen LogP contribution in [0.15, 0.2) is 41.5 Å². The highest BCUT2D eigenvalue weighted by Gasteiger charge is 2.20. The van der Waals surface area contributed by atoms with Crippen LogP contribution in [0.2, 0.25) is 0 Å². The summed E-state index contributed by atoms with van der Waals surface area (Å²) in [4.78, 5) is 18.4. The number of aromatic nitrogens is 2. The van der Waals surface area contributed by atoms with Gasteiger partial charge in [0.2, 0.25) is 5.91 Å². The van der Waals surface area contributed by atoms with Crippen molar-refractivity contribution in [2.75, 3.05) is 20.6 Å². The molecule has 1 heterocycles. The molecule has 166 valence electrons. The number of carbonyl (C=O) groups is 1. The average molecular weight is 423 g/mol. The predicted octanol–water partition coefficient (Wildman–Crippen LogP) is 2.68. The number of amides is 1. The van der Waals surface area contributed by atoms with Crippen LogP contribution in [-0.2, 0) is 24.2 Å². The first-order chi connectivity index (χ1) is 15.1. The zero-order valence-electron chi connectivity index (χ0n) is 18.7. The van der Waals surface area contributed by atoms with Crippen LogP contribution in [0.1, 0.15) is 55.0 Å². The normalized spacial score (nSPS) is 19.2. The van der Waals surface area contributed by atoms with Crippen molar-refractivity contribution in [1.29, 1.82) is 0 Å². The number of carbonyl (C=O) groups excluding carboxylic acids is 1. The molecule has 2 aliphatic carbocycles. The molecule has 0 spiro atoms. The molecule has 1 atom stereocenters. The van der Waals surface area contributed by atoms with E-state index in [0.717, 1.165) is 25.0 Å². The second-order valence-corrected chi connectivity index (χ2v) is 8.88. The van der Waals surface area contributed by atoms with Crippen molar-refractivity contribution in [3.05, 3.63) is 53.3 Å². The number of guanidine groups is 1. The molecule has 1 aromatic carbocycles. The highest BCUT2D eigenvalue weighted by molar-refractivity contribution is 5.86. The Bertz CT molecular complexity index is 912. The number of benzene rings is 1. The Labute approximate surface area is 184 Å². The third kappa shape index (κ3) is 5.66. The number of nitrogens with zero attached hydrogens (tertiary/aromatic N) is 4. The fraction of sp³-hybridized carbons (Fsp3) is 0.542. The highest BCUT2D eigenvalue weighted by atomic mass is 16.2. The van der Waals surface area contributed by atoms with E-state index < -0.39 is 0 Å². The summed E-state index contributed by atoms with van der Waals surface area (Å²) in [7, 11) is 3.53. The lowest BCUT2D eigenvalue weighted by molar-refractivity contribution is -0.127. The van der Waals surface area contributed by atoms with E-state index in [2.05, 4.69) is 51.8 Å². The first-order valence-corrected chi connectivity index (χ1v) is 11.4. The number of nitrogens with one attached hydrogen (secondary N) is 2. The highest BCUT2D eigenvalue weighted by Crippen LogP contribution is 2.28. The number of hydrogen-bond acceptors (Lipinski definition) is 3. The van der Waals surface area contributed by atoms with Crippen molar-refractivity contribution in [3.63, 3.8) is 0 Å². The maximum absolute atomic E-state index is 12.1. The second-order valence-electron chi connectivity index (χ2n) is 8.88. The Hall–Kier alpha value is -2.83. The second kappa shape index (κ2) is 9.98. The maximum Gasteiger partial charge on any atom is 0.241 e. The van der Waals surface area contributed by atoms with Gasteiger partial charge in [-0.3, -0.25) is 9.48 Å². The molecule has 4 rings (SSSR count). The zero-order chi connectivity index (χ0) is 21.6. The summed E-state index contributed by atoms with van der Waals surface area (Å²) in [5.41, 5.74) is 3.79. The minimum absolute atomic E-state index is 0.0222. The van der Waals surface area contributed by atoms with Gasteiger partial charge in [0.1, 0.15) is 0 Å². The number of aliphatic imine (C=N–C) groups is 1. The molecular formula is C24H34N6O. The SMILES string of the molecule is CN(C)C(=O)CNC(=NCc1ccn(C2CCCC2)n1)NC1CCc2ccccc2C1. The third-order valence-corrected chi connectivity index (χ3v) is 6.36. The molecule has 7 nitrogen and oxygen atoms in total. The lowest BCUT2D eigenvalue weighted by atomic mass is 9.88. The van der Waals surface area contributed by atoms with E-state index in [1.165, 1.54) is 36.8 Å². The summed E-state index contributed by atoms with van der Waals surface area (Å²) in [6, 6.07) is 11.5. The quantitative estimate of drug-likeness (QED) is 0.554. The summed E-state index contributed by atoms with van der Waals surface area (Å²) in [6.07, 6.45) is 10.2. The first kappa shape index (κ1) is 21.4. The molecule has 1 amide bonds. The molecule has 1 saturated carbocycles. The van der Waals surface area contributed by atoms with E-state index in [1.54, 1.807) is 19.0 Å². The van der Waals surface area contributed by atoms with E-state index >= 15 is 0 Å². The fourth-order valence-corrected chi connectivity index (χ4v) is 4.48. The van der Waals surface area contributed by atoms with Crippen LogP contribution in [-0.4, -0.2) is 53.2 Å². The number of likely N-dealkylation sites (N-methyl/N-ethyl adjacent to an activating group) is 1. The van der Waals surface area contributed by atoms with Crippen LogP contribution in [0, 0.1) is 0 Å². The van der Waals surface area contributed by atoms with Gasteiger partial charge in [-0.2, -0.15) is 5.10 Å². The number of fused-ring (bicyclic) bond motifs is 1. The van der Waals surface area contributed by atoms with Gasteiger partial charge < -0.3 is 15.5 Å². The zero-order valence-corrected chi connectivity index (χ0v) is 18.7. The molecule has 0 aliphatic heterocycles. The molecule has 1 fully saturated rings. The predicted molar refractivity (Wildman–Crippen MR) is 123 cm³/mol. The van der Waals surface area contributed by atoms with E-state index in [0.29, 0.717) is 24.6 Å². The van der Waals surface area contributed by atoms with Gasteiger partial charge in [-0.25, -0.2) is 4.99 Å². The number of aryl methyl sites for hydroxylation is 1. The number of hydrogen-bond donors (Lipinski definition) is 2. The molecule has 0 saturated heterocycles. The minimum Gasteiger partial charge on any atom is -0.353 e. The molecule has 0 radical (unpaired) electrons. The van der Waals surface area contributed by atoms with Gasteiger partial charge in [0.05, 0.1) is 24.8 Å². The molecule has 1 unspecified atom stereocenters. The summed E-state index contributed by atoms with van der Waals surface area (Å²) < 4.78 is 2.10. The van der Waals surface area contributed by atoms with Crippen molar-refractivity contribution in [2.45, 2.75) is 63.6 Å². The molecule has 2 aromatic rings. The minimum atomic E-state index is 0.0222. The van der Waals surface area contributed by atoms with E-state index in [-0.39, 0.29) is 12.5 Å². The van der Waals surface area contributed by atoms with Crippen molar-refractivity contribution >= 4 is 11.9 Å². The standard InChI is InChI=1S/C24H34N6O/c1-29(2)23(31)17-26-24(27-20-12-11-18-7-3-4-8-19(18)15-20)25-16-21-13-14-30(28-21)22-9-5-6-10-22/h3-4,7-8,13-14,20,22H,5-6,9-12,15-17H2,1-2H3,(H2,25,26,27). The van der Waals surface area contributed by atoms with E-state index in [4.69, 9.17) is 10.1 Å². The van der Waals surface area contributed by atoms with Crippen LogP contribution < -0.4 is 10.6 Å². The smallest absolute Gasteiger partial charge is 0.241 e. The maximum atomic E-state index is 12.1. The van der Waals surface area contributed by atoms with Gasteiger partial charge in [0.15, 0.2) is 5.96 Å². The van der Waals surface area contributed by atoms with Crippen LogP contribution in [0.4, 0.5) is 0 Å². The molecule has 1 aromatic heterocycles. The molecule has 7 heteroatoms. The van der Waals surface area contributed by atoms with Gasteiger partial charge >= 0.3 is 0 Å². The van der Waals surface area contributed by atoms with Gasteiger partial charge in [0.25, 0.3) is 0 Å². The van der Waals surface area contributed by atoms with Crippen molar-refractivity contribution in [1.82, 2.24) is 25.3 Å². The first-order valence-electron chi connectivity index (χ1n) is 11.4. The van der Waals surface area contributed by atoms with Gasteiger partial charge in [0, 0.05) is 26.3 Å². The van der Waals surface area contributed by atoms with Crippen LogP contribution >= 0.6 is 0 Å². The largest absolute Gasteiger partial charge is 0.353 e. The summed E-state index contributed by atoms with van der Waals surface area (Å²) in [5.74, 6) is 0.698. The van der Waals surface area contributed by atoms with E-state index in [1.807, 2.05) is 0 Å². The number of rotatable bonds is 6.